The van der Waals surface area contributed by atoms with Gasteiger partial charge >= 0.3 is 0 Å². The van der Waals surface area contributed by atoms with E-state index in [4.69, 9.17) is 16.1 Å². The van der Waals surface area contributed by atoms with Crippen molar-refractivity contribution in [2.24, 2.45) is 0 Å². The lowest BCUT2D eigenvalue weighted by atomic mass is 10.0. The van der Waals surface area contributed by atoms with Crippen molar-refractivity contribution < 1.29 is 20.0 Å². The predicted octanol–water partition coefficient (Wildman–Crippen LogP) is 3.40. The van der Waals surface area contributed by atoms with E-state index in [0.29, 0.717) is 53.9 Å². The van der Waals surface area contributed by atoms with Crippen LogP contribution in [0.2, 0.25) is 5.02 Å². The Balaban J connectivity index is 1.39. The molecule has 4 aromatic rings. The van der Waals surface area contributed by atoms with E-state index in [1.807, 2.05) is 47.4 Å². The number of quaternary nitrogens is 1. The molecule has 3 heterocycles. The Bertz CT molecular complexity index is 1330. The number of fused-ring (bicyclic) bond motifs is 1. The van der Waals surface area contributed by atoms with Gasteiger partial charge < -0.3 is 14.3 Å². The first-order valence-electron chi connectivity index (χ1n) is 10.7. The number of carbonyl (C=O) groups is 1. The number of aryl methyl sites for hydroxylation is 1. The number of anilines is 1. The molecule has 2 aromatic carbocycles. The monoisotopic (exact) mass is 464 g/mol. The lowest BCUT2D eigenvalue weighted by Crippen LogP contribution is -2.73. The second-order valence-corrected chi connectivity index (χ2v) is 8.37. The Kier molecular flexibility index (Phi) is 5.72. The molecule has 1 amide bonds. The summed E-state index contributed by atoms with van der Waals surface area (Å²) in [7, 11) is 0. The number of hydrogen-bond donors (Lipinski definition) is 2. The minimum absolute atomic E-state index is 0.104. The molecule has 0 atom stereocenters. The Labute approximate surface area is 195 Å². The second kappa shape index (κ2) is 8.82. The number of hydrogen-bond acceptors (Lipinski definition) is 6. The fourth-order valence-corrected chi connectivity index (χ4v) is 4.58. The SMILES string of the molecule is Cc1onc(-c2cccc3cccnc23)c1C(=O)N1CCN(c2ccc([NH2+]O)cc2Cl)CC1. The minimum Gasteiger partial charge on any atom is -0.367 e. The molecule has 0 unspecified atom stereocenters. The Morgan fingerprint density at radius 2 is 1.91 bits per heavy atom. The first kappa shape index (κ1) is 21.4. The maximum atomic E-state index is 13.5. The fraction of sp³-hybridized carbons (Fsp3) is 0.208. The summed E-state index contributed by atoms with van der Waals surface area (Å²) < 4.78 is 5.46. The van der Waals surface area contributed by atoms with E-state index < -0.39 is 0 Å². The Morgan fingerprint density at radius 3 is 2.67 bits per heavy atom. The molecule has 0 saturated carbocycles. The number of pyridine rings is 1. The van der Waals surface area contributed by atoms with Gasteiger partial charge in [-0.05, 0) is 19.1 Å². The van der Waals surface area contributed by atoms with Gasteiger partial charge in [-0.25, -0.2) is 5.21 Å². The number of carbonyl (C=O) groups excluding carboxylic acids is 1. The molecule has 3 N–H and O–H groups in total. The van der Waals surface area contributed by atoms with Gasteiger partial charge in [0.2, 0.25) is 0 Å². The number of amides is 1. The summed E-state index contributed by atoms with van der Waals surface area (Å²) in [6.07, 6.45) is 1.73. The van der Waals surface area contributed by atoms with Crippen LogP contribution in [0, 0.1) is 6.92 Å². The standard InChI is InChI=1S/C24H22ClN5O3/c1-15-21(23(28-33-15)18-6-2-4-16-5-3-9-26-22(16)18)24(31)30-12-10-29(11-13-30)20-8-7-17(27-32)14-19(20)25/h2-9,14,27,32H,10-13H2,1H3/p+1. The highest BCUT2D eigenvalue weighted by molar-refractivity contribution is 6.33. The quantitative estimate of drug-likeness (QED) is 0.355. The molecule has 0 bridgehead atoms. The number of rotatable bonds is 4. The summed E-state index contributed by atoms with van der Waals surface area (Å²) in [6.45, 7) is 4.13. The van der Waals surface area contributed by atoms with Gasteiger partial charge in [0.15, 0.2) is 5.69 Å². The molecule has 0 radical (unpaired) electrons. The molecule has 1 saturated heterocycles. The van der Waals surface area contributed by atoms with Crippen molar-refractivity contribution in [3.63, 3.8) is 0 Å². The molecule has 1 aliphatic heterocycles. The highest BCUT2D eigenvalue weighted by Gasteiger charge is 2.30. The number of aromatic nitrogens is 2. The summed E-state index contributed by atoms with van der Waals surface area (Å²) in [5.74, 6) is 0.386. The van der Waals surface area contributed by atoms with Crippen LogP contribution < -0.4 is 10.4 Å². The highest BCUT2D eigenvalue weighted by atomic mass is 35.5. The van der Waals surface area contributed by atoms with E-state index in [0.717, 1.165) is 27.6 Å². The van der Waals surface area contributed by atoms with Crippen LogP contribution in [0.3, 0.4) is 0 Å². The van der Waals surface area contributed by atoms with Gasteiger partial charge in [-0.3, -0.25) is 9.78 Å². The van der Waals surface area contributed by atoms with Gasteiger partial charge in [-0.15, -0.1) is 0 Å². The van der Waals surface area contributed by atoms with Gasteiger partial charge in [0.25, 0.3) is 5.91 Å². The van der Waals surface area contributed by atoms with Crippen LogP contribution in [0.25, 0.3) is 22.2 Å². The lowest BCUT2D eigenvalue weighted by Gasteiger charge is -2.36. The average Bonchev–Trinajstić information content (AvgIpc) is 3.24. The fourth-order valence-electron chi connectivity index (χ4n) is 4.27. The summed E-state index contributed by atoms with van der Waals surface area (Å²) in [6, 6.07) is 15.1. The maximum absolute atomic E-state index is 13.5. The molecule has 168 valence electrons. The number of nitrogens with zero attached hydrogens (tertiary/aromatic N) is 4. The van der Waals surface area contributed by atoms with Crippen molar-refractivity contribution in [3.05, 3.63) is 71.1 Å². The van der Waals surface area contributed by atoms with E-state index in [-0.39, 0.29) is 5.91 Å². The molecule has 1 aliphatic rings. The van der Waals surface area contributed by atoms with Crippen LogP contribution in [0.1, 0.15) is 16.1 Å². The van der Waals surface area contributed by atoms with Gasteiger partial charge in [0.1, 0.15) is 17.0 Å². The Hall–Kier alpha value is -3.46. The molecule has 0 aliphatic carbocycles. The van der Waals surface area contributed by atoms with E-state index in [9.17, 15) is 10.0 Å². The van der Waals surface area contributed by atoms with Gasteiger partial charge in [-0.2, -0.15) is 5.48 Å². The number of halogens is 1. The minimum atomic E-state index is -0.104. The van der Waals surface area contributed by atoms with Crippen LogP contribution in [0.4, 0.5) is 11.4 Å². The lowest BCUT2D eigenvalue weighted by molar-refractivity contribution is -0.825. The largest absolute Gasteiger partial charge is 0.367 e. The predicted molar refractivity (Wildman–Crippen MR) is 125 cm³/mol. The normalized spacial score (nSPS) is 14.2. The van der Waals surface area contributed by atoms with Crippen LogP contribution >= 0.6 is 11.6 Å². The van der Waals surface area contributed by atoms with Gasteiger partial charge in [-0.1, -0.05) is 41.0 Å². The number of para-hydroxylation sites is 1. The van der Waals surface area contributed by atoms with Crippen molar-refractivity contribution in [1.82, 2.24) is 15.0 Å². The topological polar surface area (TPSA) is 99.3 Å². The molecular formula is C24H23ClN5O3+. The molecule has 1 fully saturated rings. The summed E-state index contributed by atoms with van der Waals surface area (Å²) in [5.41, 5.74) is 5.11. The van der Waals surface area contributed by atoms with Crippen molar-refractivity contribution in [1.29, 1.82) is 0 Å². The molecule has 0 spiro atoms. The molecule has 9 heteroatoms. The zero-order chi connectivity index (χ0) is 22.9. The smallest absolute Gasteiger partial charge is 0.259 e. The van der Waals surface area contributed by atoms with Gasteiger partial charge in [0.05, 0.1) is 16.2 Å². The van der Waals surface area contributed by atoms with Gasteiger partial charge in [0, 0.05) is 55.5 Å². The third kappa shape index (κ3) is 3.93. The highest BCUT2D eigenvalue weighted by Crippen LogP contribution is 2.32. The number of piperazine rings is 1. The van der Waals surface area contributed by atoms with E-state index in [1.165, 1.54) is 0 Å². The zero-order valence-corrected chi connectivity index (χ0v) is 18.8. The van der Waals surface area contributed by atoms with Crippen LogP contribution in [0.15, 0.2) is 59.3 Å². The summed E-state index contributed by atoms with van der Waals surface area (Å²) in [4.78, 5) is 22.0. The van der Waals surface area contributed by atoms with E-state index >= 15 is 0 Å². The molecule has 2 aromatic heterocycles. The molecular weight excluding hydrogens is 442 g/mol. The second-order valence-electron chi connectivity index (χ2n) is 7.96. The van der Waals surface area contributed by atoms with Crippen LogP contribution in [-0.2, 0) is 0 Å². The van der Waals surface area contributed by atoms with Crippen molar-refractivity contribution in [2.75, 3.05) is 31.1 Å². The number of nitrogens with two attached hydrogens (primary N) is 1. The third-order valence-corrected chi connectivity index (χ3v) is 6.30. The van der Waals surface area contributed by atoms with Crippen molar-refractivity contribution >= 4 is 39.8 Å². The molecule has 5 rings (SSSR count). The first-order chi connectivity index (χ1) is 16.1. The van der Waals surface area contributed by atoms with Crippen LogP contribution in [-0.4, -0.2) is 52.3 Å². The summed E-state index contributed by atoms with van der Waals surface area (Å²) >= 11 is 6.40. The first-order valence-corrected chi connectivity index (χ1v) is 11.1. The van der Waals surface area contributed by atoms with Crippen molar-refractivity contribution in [2.45, 2.75) is 6.92 Å². The Morgan fingerprint density at radius 1 is 1.12 bits per heavy atom. The maximum Gasteiger partial charge on any atom is 0.259 e. The zero-order valence-electron chi connectivity index (χ0n) is 18.0. The van der Waals surface area contributed by atoms with Crippen molar-refractivity contribution in [3.8, 4) is 11.3 Å². The average molecular weight is 465 g/mol. The molecule has 33 heavy (non-hydrogen) atoms. The number of benzene rings is 2. The summed E-state index contributed by atoms with van der Waals surface area (Å²) in [5, 5.41) is 14.9. The molecule has 8 nitrogen and oxygen atoms in total. The van der Waals surface area contributed by atoms with E-state index in [1.54, 1.807) is 19.2 Å². The van der Waals surface area contributed by atoms with Crippen LogP contribution in [0.5, 0.6) is 0 Å². The van der Waals surface area contributed by atoms with E-state index in [2.05, 4.69) is 15.0 Å². The third-order valence-electron chi connectivity index (χ3n) is 5.99.